The molecule has 3 fully saturated rings. The number of morpholine rings is 1. The number of hydrogen-bond acceptors (Lipinski definition) is 7. The quantitative estimate of drug-likeness (QED) is 0.496. The molecule has 0 aliphatic carbocycles. The Labute approximate surface area is 191 Å². The Morgan fingerprint density at radius 1 is 1.12 bits per heavy atom. The summed E-state index contributed by atoms with van der Waals surface area (Å²) < 4.78 is 10.5. The van der Waals surface area contributed by atoms with Gasteiger partial charge in [0.15, 0.2) is 0 Å². The molecule has 0 aromatic carbocycles. The van der Waals surface area contributed by atoms with Gasteiger partial charge < -0.3 is 29.5 Å². The number of piperazine rings is 1. The van der Waals surface area contributed by atoms with Crippen LogP contribution in [0.1, 0.15) is 20.3 Å². The van der Waals surface area contributed by atoms with Crippen molar-refractivity contribution in [3.8, 4) is 0 Å². The molecule has 0 saturated carbocycles. The Kier molecular flexibility index (Phi) is 9.27. The number of nitrogens with zero attached hydrogens (tertiary/aromatic N) is 4. The first-order valence-electron chi connectivity index (χ1n) is 11.8. The molecule has 182 valence electrons. The molecule has 2 atom stereocenters. The van der Waals surface area contributed by atoms with Gasteiger partial charge in [-0.2, -0.15) is 0 Å². The van der Waals surface area contributed by atoms with Gasteiger partial charge in [-0.1, -0.05) is 13.8 Å². The molecule has 0 bridgehead atoms. The van der Waals surface area contributed by atoms with Crippen molar-refractivity contribution in [2.24, 2.45) is 5.92 Å². The molecular weight excluding hydrogens is 414 g/mol. The van der Waals surface area contributed by atoms with Gasteiger partial charge in [-0.25, -0.2) is 0 Å². The lowest BCUT2D eigenvalue weighted by Gasteiger charge is -2.34. The number of likely N-dealkylation sites (tertiary alicyclic amines) is 1. The molecule has 1 N–H and O–H groups in total. The summed E-state index contributed by atoms with van der Waals surface area (Å²) in [4.78, 5) is 46.9. The Balaban J connectivity index is 1.74. The van der Waals surface area contributed by atoms with Crippen LogP contribution in [0.4, 0.5) is 0 Å². The van der Waals surface area contributed by atoms with Crippen LogP contribution in [0.25, 0.3) is 0 Å². The molecular formula is C22H39N5O5. The normalized spacial score (nSPS) is 24.8. The van der Waals surface area contributed by atoms with E-state index in [1.165, 1.54) is 7.11 Å². The Hall–Kier alpha value is -1.75. The molecule has 10 nitrogen and oxygen atoms in total. The first-order chi connectivity index (χ1) is 15.4. The molecule has 10 heteroatoms. The number of carbonyl (C=O) groups excluding carboxylic acids is 3. The van der Waals surface area contributed by atoms with Crippen LogP contribution in [0.3, 0.4) is 0 Å². The van der Waals surface area contributed by atoms with Crippen LogP contribution in [0.15, 0.2) is 0 Å². The van der Waals surface area contributed by atoms with E-state index >= 15 is 0 Å². The summed E-state index contributed by atoms with van der Waals surface area (Å²) in [6.45, 7) is 11.4. The van der Waals surface area contributed by atoms with Gasteiger partial charge in [0, 0.05) is 71.9 Å². The highest BCUT2D eigenvalue weighted by molar-refractivity contribution is 5.89. The number of rotatable bonds is 8. The summed E-state index contributed by atoms with van der Waals surface area (Å²) >= 11 is 0. The predicted octanol–water partition coefficient (Wildman–Crippen LogP) is -1.15. The fourth-order valence-electron chi connectivity index (χ4n) is 4.73. The zero-order chi connectivity index (χ0) is 23.1. The zero-order valence-corrected chi connectivity index (χ0v) is 19.8. The summed E-state index contributed by atoms with van der Waals surface area (Å²) in [7, 11) is 1.48. The number of hydrogen-bond donors (Lipinski definition) is 1. The van der Waals surface area contributed by atoms with Gasteiger partial charge in [-0.3, -0.25) is 19.3 Å². The number of ether oxygens (including phenoxy) is 2. The van der Waals surface area contributed by atoms with Crippen molar-refractivity contribution in [2.45, 2.75) is 32.4 Å². The summed E-state index contributed by atoms with van der Waals surface area (Å²) in [5, 5.41) is 3.26. The summed E-state index contributed by atoms with van der Waals surface area (Å²) in [6, 6.07) is -0.727. The zero-order valence-electron chi connectivity index (χ0n) is 19.8. The van der Waals surface area contributed by atoms with Gasteiger partial charge in [0.05, 0.1) is 19.3 Å². The van der Waals surface area contributed by atoms with Gasteiger partial charge in [0.1, 0.15) is 12.6 Å². The van der Waals surface area contributed by atoms with Crippen molar-refractivity contribution in [1.82, 2.24) is 24.9 Å². The minimum Gasteiger partial charge on any atom is -0.379 e. The molecule has 0 spiro atoms. The molecule has 0 aromatic rings. The van der Waals surface area contributed by atoms with Gasteiger partial charge in [-0.15, -0.1) is 0 Å². The van der Waals surface area contributed by atoms with Crippen molar-refractivity contribution < 1.29 is 23.9 Å². The van der Waals surface area contributed by atoms with E-state index in [-0.39, 0.29) is 36.3 Å². The third-order valence-electron chi connectivity index (χ3n) is 6.56. The van der Waals surface area contributed by atoms with Crippen LogP contribution in [-0.4, -0.2) is 135 Å². The molecule has 3 aliphatic heterocycles. The second-order valence-electron chi connectivity index (χ2n) is 9.10. The molecule has 0 radical (unpaired) electrons. The molecule has 2 unspecified atom stereocenters. The summed E-state index contributed by atoms with van der Waals surface area (Å²) in [5.74, 6) is -0.305. The van der Waals surface area contributed by atoms with Gasteiger partial charge in [0.2, 0.25) is 17.7 Å². The third-order valence-corrected chi connectivity index (χ3v) is 6.56. The second-order valence-corrected chi connectivity index (χ2v) is 9.10. The van der Waals surface area contributed by atoms with Gasteiger partial charge in [-0.05, 0) is 6.42 Å². The second kappa shape index (κ2) is 11.9. The maximum absolute atomic E-state index is 13.3. The predicted molar refractivity (Wildman–Crippen MR) is 119 cm³/mol. The van der Waals surface area contributed by atoms with E-state index in [4.69, 9.17) is 9.47 Å². The van der Waals surface area contributed by atoms with E-state index in [2.05, 4.69) is 10.2 Å². The summed E-state index contributed by atoms with van der Waals surface area (Å²) in [5.41, 5.74) is 0. The highest BCUT2D eigenvalue weighted by Crippen LogP contribution is 2.26. The van der Waals surface area contributed by atoms with E-state index < -0.39 is 6.04 Å². The number of nitrogens with one attached hydrogen (secondary N) is 1. The van der Waals surface area contributed by atoms with Gasteiger partial charge >= 0.3 is 0 Å². The highest BCUT2D eigenvalue weighted by atomic mass is 16.5. The molecule has 32 heavy (non-hydrogen) atoms. The van der Waals surface area contributed by atoms with Crippen molar-refractivity contribution >= 4 is 17.7 Å². The molecule has 3 saturated heterocycles. The summed E-state index contributed by atoms with van der Waals surface area (Å²) in [6.07, 6.45) is 0.472. The largest absolute Gasteiger partial charge is 0.379 e. The first kappa shape index (κ1) is 24.9. The van der Waals surface area contributed by atoms with Crippen LogP contribution < -0.4 is 5.32 Å². The molecule has 0 aromatic heterocycles. The van der Waals surface area contributed by atoms with E-state index in [1.54, 1.807) is 4.90 Å². The highest BCUT2D eigenvalue weighted by Gasteiger charge is 2.44. The maximum atomic E-state index is 13.3. The lowest BCUT2D eigenvalue weighted by Crippen LogP contribution is -2.53. The fourth-order valence-corrected chi connectivity index (χ4v) is 4.73. The standard InChI is InChI=1S/C22H39N5O5/c1-17(2)21(29)26(9-8-24-10-12-32-13-11-24)18-14-19(27(15-18)20(28)16-31-3)22(30)25-6-4-23-5-7-25/h17-19,23H,4-16H2,1-3H3. The Bertz CT molecular complexity index is 649. The van der Waals surface area contributed by atoms with E-state index in [1.807, 2.05) is 23.6 Å². The molecule has 3 rings (SSSR count). The van der Waals surface area contributed by atoms with Crippen LogP contribution in [-0.2, 0) is 23.9 Å². The third kappa shape index (κ3) is 6.18. The lowest BCUT2D eigenvalue weighted by molar-refractivity contribution is -0.146. The van der Waals surface area contributed by atoms with Crippen LogP contribution in [0.2, 0.25) is 0 Å². The topological polar surface area (TPSA) is 94.7 Å². The van der Waals surface area contributed by atoms with Crippen molar-refractivity contribution in [2.75, 3.05) is 85.8 Å². The van der Waals surface area contributed by atoms with Crippen molar-refractivity contribution in [3.63, 3.8) is 0 Å². The SMILES string of the molecule is COCC(=O)N1CC(N(CCN2CCOCC2)C(=O)C(C)C)CC1C(=O)N1CCNCC1. The van der Waals surface area contributed by atoms with Crippen LogP contribution in [0, 0.1) is 5.92 Å². The minimum atomic E-state index is -0.549. The number of methoxy groups -OCH3 is 1. The number of carbonyl (C=O) groups is 3. The van der Waals surface area contributed by atoms with E-state index in [0.717, 1.165) is 32.7 Å². The van der Waals surface area contributed by atoms with E-state index in [9.17, 15) is 14.4 Å². The maximum Gasteiger partial charge on any atom is 0.249 e. The van der Waals surface area contributed by atoms with Crippen molar-refractivity contribution in [3.05, 3.63) is 0 Å². The number of amides is 3. The average Bonchev–Trinajstić information content (AvgIpc) is 3.25. The lowest BCUT2D eigenvalue weighted by atomic mass is 10.1. The van der Waals surface area contributed by atoms with E-state index in [0.29, 0.717) is 45.8 Å². The van der Waals surface area contributed by atoms with Crippen LogP contribution >= 0.6 is 0 Å². The monoisotopic (exact) mass is 453 g/mol. The Morgan fingerprint density at radius 2 is 1.81 bits per heavy atom. The molecule has 3 amide bonds. The van der Waals surface area contributed by atoms with Crippen molar-refractivity contribution in [1.29, 1.82) is 0 Å². The van der Waals surface area contributed by atoms with Crippen LogP contribution in [0.5, 0.6) is 0 Å². The fraction of sp³-hybridized carbons (Fsp3) is 0.864. The molecule has 3 heterocycles. The minimum absolute atomic E-state index is 0.0245. The first-order valence-corrected chi connectivity index (χ1v) is 11.8. The Morgan fingerprint density at radius 3 is 2.44 bits per heavy atom. The van der Waals surface area contributed by atoms with Gasteiger partial charge in [0.25, 0.3) is 0 Å². The smallest absolute Gasteiger partial charge is 0.249 e. The average molecular weight is 454 g/mol. The molecule has 3 aliphatic rings.